The van der Waals surface area contributed by atoms with Crippen molar-refractivity contribution in [3.8, 4) is 0 Å². The minimum absolute atomic E-state index is 0.451. The summed E-state index contributed by atoms with van der Waals surface area (Å²) in [6, 6.07) is 0. The van der Waals surface area contributed by atoms with Crippen LogP contribution in [0.25, 0.3) is 0 Å². The topological polar surface area (TPSA) is 20.2 Å². The highest BCUT2D eigenvalue weighted by Crippen LogP contribution is 2.30. The van der Waals surface area contributed by atoms with Crippen LogP contribution in [-0.4, -0.2) is 20.9 Å². The molecule has 1 nitrogen and oxygen atoms in total. The molecular weight excluding hydrogens is 194 g/mol. The lowest BCUT2D eigenvalue weighted by atomic mass is 10.5. The van der Waals surface area contributed by atoms with Gasteiger partial charge >= 0.3 is 0 Å². The molecule has 8 heavy (non-hydrogen) atoms. The molecule has 0 saturated heterocycles. The van der Waals surface area contributed by atoms with Crippen molar-refractivity contribution in [1.29, 1.82) is 0 Å². The number of halogens is 4. The first-order valence-electron chi connectivity index (χ1n) is 1.77. The van der Waals surface area contributed by atoms with Crippen molar-refractivity contribution in [3.63, 3.8) is 0 Å². The van der Waals surface area contributed by atoms with Crippen LogP contribution in [0.4, 0.5) is 0 Å². The Morgan fingerprint density at radius 2 is 1.75 bits per heavy atom. The second kappa shape index (κ2) is 3.33. The number of hydrogen-bond acceptors (Lipinski definition) is 1. The quantitative estimate of drug-likeness (QED) is 0.672. The summed E-state index contributed by atoms with van der Waals surface area (Å²) in [6.45, 7) is -0.451. The van der Waals surface area contributed by atoms with E-state index < -0.39 is 15.8 Å². The lowest BCUT2D eigenvalue weighted by Crippen LogP contribution is -2.26. The molecule has 5 heteroatoms. The zero-order chi connectivity index (χ0) is 6.78. The maximum absolute atomic E-state index is 8.33. The van der Waals surface area contributed by atoms with Crippen LogP contribution >= 0.6 is 46.4 Å². The van der Waals surface area contributed by atoms with E-state index in [-0.39, 0.29) is 0 Å². The lowest BCUT2D eigenvalue weighted by Gasteiger charge is -2.15. The van der Waals surface area contributed by atoms with Gasteiger partial charge in [-0.15, -0.1) is 23.2 Å². The maximum atomic E-state index is 8.33. The van der Waals surface area contributed by atoms with E-state index in [1.54, 1.807) is 0 Å². The molecule has 0 atom stereocenters. The molecule has 0 aromatic heterocycles. The van der Waals surface area contributed by atoms with Gasteiger partial charge in [0.05, 0.1) is 6.61 Å². The molecule has 1 N–H and O–H groups in total. The van der Waals surface area contributed by atoms with Crippen molar-refractivity contribution >= 4 is 46.4 Å². The van der Waals surface area contributed by atoms with Crippen LogP contribution in [0, 0.1) is 0 Å². The average Bonchev–Trinajstić information content (AvgIpc) is 1.67. The van der Waals surface area contributed by atoms with Gasteiger partial charge in [0.15, 0.2) is 4.33 Å². The van der Waals surface area contributed by atoms with Gasteiger partial charge in [0.1, 0.15) is 4.84 Å². The van der Waals surface area contributed by atoms with E-state index in [4.69, 9.17) is 51.5 Å². The molecule has 0 aliphatic heterocycles. The van der Waals surface area contributed by atoms with E-state index in [9.17, 15) is 0 Å². The lowest BCUT2D eigenvalue weighted by molar-refractivity contribution is 0.283. The summed E-state index contributed by atoms with van der Waals surface area (Å²) in [4.78, 5) is -0.962. The van der Waals surface area contributed by atoms with Crippen molar-refractivity contribution in [2.45, 2.75) is 9.17 Å². The number of rotatable bonds is 2. The van der Waals surface area contributed by atoms with Crippen molar-refractivity contribution in [2.24, 2.45) is 0 Å². The Labute approximate surface area is 67.5 Å². The van der Waals surface area contributed by atoms with Gasteiger partial charge in [-0.25, -0.2) is 0 Å². The Hall–Kier alpha value is 1.12. The van der Waals surface area contributed by atoms with Crippen LogP contribution < -0.4 is 0 Å². The van der Waals surface area contributed by atoms with Crippen LogP contribution in [0.15, 0.2) is 0 Å². The zero-order valence-electron chi connectivity index (χ0n) is 3.74. The molecule has 0 aromatic carbocycles. The molecule has 0 saturated carbocycles. The first kappa shape index (κ1) is 9.12. The molecule has 0 aliphatic rings. The van der Waals surface area contributed by atoms with Crippen molar-refractivity contribution in [1.82, 2.24) is 0 Å². The molecular formula is C3H4Cl4O. The second-order valence-electron chi connectivity index (χ2n) is 1.22. The van der Waals surface area contributed by atoms with Crippen LogP contribution in [-0.2, 0) is 0 Å². The van der Waals surface area contributed by atoms with Crippen LogP contribution in [0.5, 0.6) is 0 Å². The van der Waals surface area contributed by atoms with Gasteiger partial charge in [-0.2, -0.15) is 0 Å². The summed E-state index contributed by atoms with van der Waals surface area (Å²) in [5.41, 5.74) is 0. The van der Waals surface area contributed by atoms with Gasteiger partial charge in [-0.1, -0.05) is 23.2 Å². The average molecular weight is 198 g/mol. The predicted molar refractivity (Wildman–Crippen MR) is 37.0 cm³/mol. The first-order chi connectivity index (χ1) is 3.50. The number of alkyl halides is 4. The molecule has 50 valence electrons. The second-order valence-corrected chi connectivity index (χ2v) is 3.86. The maximum Gasteiger partial charge on any atom is 0.170 e. The van der Waals surface area contributed by atoms with Crippen LogP contribution in [0.2, 0.25) is 0 Å². The fraction of sp³-hybridized carbons (Fsp3) is 1.00. The standard InChI is InChI=1S/C3H4Cl4O/c4-2(5)3(6,7)1-8/h2,8H,1H2. The molecule has 0 heterocycles. The molecule has 0 fully saturated rings. The Morgan fingerprint density at radius 3 is 1.75 bits per heavy atom. The number of hydrogen-bond donors (Lipinski definition) is 1. The molecule has 0 aromatic rings. The predicted octanol–water partition coefficient (Wildman–Crippen LogP) is 1.96. The third-order valence-electron chi connectivity index (χ3n) is 0.530. The molecule has 0 rings (SSSR count). The minimum atomic E-state index is -1.43. The summed E-state index contributed by atoms with van der Waals surface area (Å²) >= 11 is 21.0. The van der Waals surface area contributed by atoms with Crippen LogP contribution in [0.1, 0.15) is 0 Å². The van der Waals surface area contributed by atoms with E-state index >= 15 is 0 Å². The third-order valence-corrected chi connectivity index (χ3v) is 2.40. The van der Waals surface area contributed by atoms with Gasteiger partial charge in [0.25, 0.3) is 0 Å². The Balaban J connectivity index is 3.71. The van der Waals surface area contributed by atoms with E-state index in [2.05, 4.69) is 0 Å². The molecule has 0 aliphatic carbocycles. The Morgan fingerprint density at radius 1 is 1.38 bits per heavy atom. The molecule has 0 amide bonds. The fourth-order valence-electron chi connectivity index (χ4n) is 0.0690. The largest absolute Gasteiger partial charge is 0.393 e. The molecule has 0 spiro atoms. The number of aliphatic hydroxyl groups is 1. The smallest absolute Gasteiger partial charge is 0.170 e. The molecule has 0 radical (unpaired) electrons. The van der Waals surface area contributed by atoms with Gasteiger partial charge in [0, 0.05) is 0 Å². The highest BCUT2D eigenvalue weighted by atomic mass is 35.5. The minimum Gasteiger partial charge on any atom is -0.393 e. The van der Waals surface area contributed by atoms with E-state index in [1.165, 1.54) is 0 Å². The van der Waals surface area contributed by atoms with Crippen molar-refractivity contribution < 1.29 is 5.11 Å². The summed E-state index contributed by atoms with van der Waals surface area (Å²) in [6.07, 6.45) is 0. The summed E-state index contributed by atoms with van der Waals surface area (Å²) in [5.74, 6) is 0. The van der Waals surface area contributed by atoms with Gasteiger partial charge in [0.2, 0.25) is 0 Å². The number of aliphatic hydroxyl groups excluding tert-OH is 1. The van der Waals surface area contributed by atoms with E-state index in [0.717, 1.165) is 0 Å². The molecule has 0 unspecified atom stereocenters. The van der Waals surface area contributed by atoms with E-state index in [0.29, 0.717) is 0 Å². The molecule has 0 bridgehead atoms. The third kappa shape index (κ3) is 2.60. The van der Waals surface area contributed by atoms with Crippen LogP contribution in [0.3, 0.4) is 0 Å². The summed E-state index contributed by atoms with van der Waals surface area (Å²) in [5, 5.41) is 8.33. The SMILES string of the molecule is OCC(Cl)(Cl)C(Cl)Cl. The van der Waals surface area contributed by atoms with E-state index in [1.807, 2.05) is 0 Å². The first-order valence-corrected chi connectivity index (χ1v) is 3.40. The monoisotopic (exact) mass is 196 g/mol. The Kier molecular flexibility index (Phi) is 3.79. The van der Waals surface area contributed by atoms with Gasteiger partial charge in [-0.05, 0) is 0 Å². The van der Waals surface area contributed by atoms with Gasteiger partial charge < -0.3 is 5.11 Å². The normalized spacial score (nSPS) is 12.8. The van der Waals surface area contributed by atoms with Crippen molar-refractivity contribution in [2.75, 3.05) is 6.61 Å². The highest BCUT2D eigenvalue weighted by molar-refractivity contribution is 6.59. The zero-order valence-corrected chi connectivity index (χ0v) is 6.77. The fourth-order valence-corrected chi connectivity index (χ4v) is 0.207. The Bertz CT molecular complexity index is 71.7. The summed E-state index contributed by atoms with van der Waals surface area (Å²) < 4.78 is -1.43. The highest BCUT2D eigenvalue weighted by Gasteiger charge is 2.30. The summed E-state index contributed by atoms with van der Waals surface area (Å²) in [7, 11) is 0. The van der Waals surface area contributed by atoms with Crippen molar-refractivity contribution in [3.05, 3.63) is 0 Å². The van der Waals surface area contributed by atoms with Gasteiger partial charge in [-0.3, -0.25) is 0 Å².